The minimum Gasteiger partial charge on any atom is -0.398 e. The first-order valence-electron chi connectivity index (χ1n) is 6.19. The van der Waals surface area contributed by atoms with Gasteiger partial charge >= 0.3 is 0 Å². The molecule has 0 aliphatic rings. The summed E-state index contributed by atoms with van der Waals surface area (Å²) in [7, 11) is 0. The monoisotopic (exact) mass is 251 g/mol. The van der Waals surface area contributed by atoms with Crippen LogP contribution in [0.15, 0.2) is 36.4 Å². The van der Waals surface area contributed by atoms with Crippen LogP contribution in [0.25, 0.3) is 0 Å². The van der Waals surface area contributed by atoms with Crippen LogP contribution in [-0.4, -0.2) is 0 Å². The molecule has 0 atom stereocenters. The maximum atomic E-state index is 8.77. The van der Waals surface area contributed by atoms with Crippen LogP contribution in [-0.2, 0) is 6.42 Å². The standard InChI is InChI=1S/C16H17N3/c1-11-7-12(2)9-15(8-11)19-14-3-4-16(18)13(10-14)5-6-17/h3-4,7-10,19H,5,18H2,1-2H3. The quantitative estimate of drug-likeness (QED) is 0.818. The molecule has 2 aromatic rings. The summed E-state index contributed by atoms with van der Waals surface area (Å²) in [5, 5.41) is 12.1. The lowest BCUT2D eigenvalue weighted by Crippen LogP contribution is -1.97. The Bertz CT molecular complexity index is 619. The molecule has 0 aliphatic heterocycles. The number of nitrogen functional groups attached to an aromatic ring is 1. The molecule has 0 bridgehead atoms. The molecule has 0 spiro atoms. The van der Waals surface area contributed by atoms with Crippen molar-refractivity contribution in [1.82, 2.24) is 0 Å². The van der Waals surface area contributed by atoms with E-state index in [1.54, 1.807) is 0 Å². The lowest BCUT2D eigenvalue weighted by Gasteiger charge is -2.11. The first-order chi connectivity index (χ1) is 9.08. The van der Waals surface area contributed by atoms with Crippen LogP contribution in [0, 0.1) is 25.2 Å². The van der Waals surface area contributed by atoms with Crippen molar-refractivity contribution in [2.45, 2.75) is 20.3 Å². The predicted molar refractivity (Wildman–Crippen MR) is 79.4 cm³/mol. The highest BCUT2D eigenvalue weighted by atomic mass is 14.9. The summed E-state index contributed by atoms with van der Waals surface area (Å²) < 4.78 is 0. The average Bonchev–Trinajstić information content (AvgIpc) is 2.32. The largest absolute Gasteiger partial charge is 0.398 e. The average molecular weight is 251 g/mol. The second kappa shape index (κ2) is 5.45. The van der Waals surface area contributed by atoms with Crippen molar-refractivity contribution in [3.63, 3.8) is 0 Å². The molecule has 96 valence electrons. The predicted octanol–water partition coefficient (Wildman–Crippen LogP) is 3.70. The SMILES string of the molecule is Cc1cc(C)cc(Nc2ccc(N)c(CC#N)c2)c1. The number of anilines is 3. The molecule has 0 saturated heterocycles. The number of rotatable bonds is 3. The van der Waals surface area contributed by atoms with Crippen molar-refractivity contribution < 1.29 is 0 Å². The molecule has 0 amide bonds. The minimum atomic E-state index is 0.328. The van der Waals surface area contributed by atoms with Gasteiger partial charge in [0.25, 0.3) is 0 Å². The van der Waals surface area contributed by atoms with Gasteiger partial charge in [-0.05, 0) is 60.9 Å². The topological polar surface area (TPSA) is 61.8 Å². The third-order valence-corrected chi connectivity index (χ3v) is 2.92. The van der Waals surface area contributed by atoms with E-state index in [4.69, 9.17) is 11.0 Å². The van der Waals surface area contributed by atoms with Gasteiger partial charge in [-0.3, -0.25) is 0 Å². The molecule has 0 aromatic heterocycles. The van der Waals surface area contributed by atoms with Crippen LogP contribution < -0.4 is 11.1 Å². The van der Waals surface area contributed by atoms with Gasteiger partial charge < -0.3 is 11.1 Å². The van der Waals surface area contributed by atoms with E-state index < -0.39 is 0 Å². The van der Waals surface area contributed by atoms with E-state index in [-0.39, 0.29) is 0 Å². The summed E-state index contributed by atoms with van der Waals surface area (Å²) in [4.78, 5) is 0. The van der Waals surface area contributed by atoms with Crippen LogP contribution in [0.5, 0.6) is 0 Å². The fourth-order valence-electron chi connectivity index (χ4n) is 2.14. The van der Waals surface area contributed by atoms with Gasteiger partial charge in [-0.25, -0.2) is 0 Å². The summed E-state index contributed by atoms with van der Waals surface area (Å²) in [5.41, 5.74) is 11.8. The summed E-state index contributed by atoms with van der Waals surface area (Å²) in [6.45, 7) is 4.14. The van der Waals surface area contributed by atoms with Crippen LogP contribution in [0.3, 0.4) is 0 Å². The lowest BCUT2D eigenvalue weighted by atomic mass is 10.1. The van der Waals surface area contributed by atoms with E-state index in [0.717, 1.165) is 16.9 Å². The molecular weight excluding hydrogens is 234 g/mol. The molecule has 0 saturated carbocycles. The van der Waals surface area contributed by atoms with Crippen molar-refractivity contribution in [1.29, 1.82) is 5.26 Å². The number of nitriles is 1. The maximum absolute atomic E-state index is 8.77. The number of nitrogens with zero attached hydrogens (tertiary/aromatic N) is 1. The van der Waals surface area contributed by atoms with E-state index in [1.165, 1.54) is 11.1 Å². The number of nitrogens with two attached hydrogens (primary N) is 1. The van der Waals surface area contributed by atoms with E-state index >= 15 is 0 Å². The van der Waals surface area contributed by atoms with Gasteiger partial charge in [0.2, 0.25) is 0 Å². The Labute approximate surface area is 113 Å². The summed E-state index contributed by atoms with van der Waals surface area (Å²) >= 11 is 0. The van der Waals surface area contributed by atoms with Gasteiger partial charge in [0, 0.05) is 17.1 Å². The second-order valence-corrected chi connectivity index (χ2v) is 4.75. The maximum Gasteiger partial charge on any atom is 0.0670 e. The molecule has 0 unspecified atom stereocenters. The van der Waals surface area contributed by atoms with Gasteiger partial charge in [-0.15, -0.1) is 0 Å². The fourth-order valence-corrected chi connectivity index (χ4v) is 2.14. The highest BCUT2D eigenvalue weighted by Gasteiger charge is 2.02. The first kappa shape index (κ1) is 13.0. The van der Waals surface area contributed by atoms with E-state index in [2.05, 4.69) is 43.4 Å². The number of hydrogen-bond donors (Lipinski definition) is 2. The van der Waals surface area contributed by atoms with Crippen LogP contribution in [0.4, 0.5) is 17.1 Å². The first-order valence-corrected chi connectivity index (χ1v) is 6.19. The number of hydrogen-bond acceptors (Lipinski definition) is 3. The van der Waals surface area contributed by atoms with Crippen molar-refractivity contribution in [3.05, 3.63) is 53.1 Å². The molecule has 0 heterocycles. The van der Waals surface area contributed by atoms with Gasteiger partial charge in [0.15, 0.2) is 0 Å². The smallest absolute Gasteiger partial charge is 0.0670 e. The molecule has 19 heavy (non-hydrogen) atoms. The van der Waals surface area contributed by atoms with Gasteiger partial charge in [-0.2, -0.15) is 5.26 Å². The van der Waals surface area contributed by atoms with Gasteiger partial charge in [0.1, 0.15) is 0 Å². The Morgan fingerprint density at radius 2 is 1.74 bits per heavy atom. The van der Waals surface area contributed by atoms with Crippen molar-refractivity contribution in [2.75, 3.05) is 11.1 Å². The number of nitrogens with one attached hydrogen (secondary N) is 1. The summed E-state index contributed by atoms with van der Waals surface area (Å²) in [6.07, 6.45) is 0.328. The number of aryl methyl sites for hydroxylation is 2. The minimum absolute atomic E-state index is 0.328. The Morgan fingerprint density at radius 1 is 1.05 bits per heavy atom. The highest BCUT2D eigenvalue weighted by molar-refractivity contribution is 5.65. The Morgan fingerprint density at radius 3 is 2.37 bits per heavy atom. The molecule has 2 rings (SSSR count). The van der Waals surface area contributed by atoms with Gasteiger partial charge in [0.05, 0.1) is 12.5 Å². The zero-order chi connectivity index (χ0) is 13.8. The van der Waals surface area contributed by atoms with Crippen molar-refractivity contribution in [2.24, 2.45) is 0 Å². The molecular formula is C16H17N3. The molecule has 3 nitrogen and oxygen atoms in total. The Kier molecular flexibility index (Phi) is 3.72. The summed E-state index contributed by atoms with van der Waals surface area (Å²) in [6, 6.07) is 14.1. The van der Waals surface area contributed by atoms with Gasteiger partial charge in [-0.1, -0.05) is 6.07 Å². The van der Waals surface area contributed by atoms with Crippen LogP contribution in [0.1, 0.15) is 16.7 Å². The molecule has 3 N–H and O–H groups in total. The van der Waals surface area contributed by atoms with E-state index in [1.807, 2.05) is 18.2 Å². The van der Waals surface area contributed by atoms with Crippen LogP contribution in [0.2, 0.25) is 0 Å². The molecule has 2 aromatic carbocycles. The van der Waals surface area contributed by atoms with Crippen molar-refractivity contribution in [3.8, 4) is 6.07 Å². The second-order valence-electron chi connectivity index (χ2n) is 4.75. The Hall–Kier alpha value is -2.47. The highest BCUT2D eigenvalue weighted by Crippen LogP contribution is 2.23. The zero-order valence-electron chi connectivity index (χ0n) is 11.2. The molecule has 3 heteroatoms. The van der Waals surface area contributed by atoms with Crippen LogP contribution >= 0.6 is 0 Å². The molecule has 0 fully saturated rings. The lowest BCUT2D eigenvalue weighted by molar-refractivity contribution is 1.26. The van der Waals surface area contributed by atoms with E-state index in [0.29, 0.717) is 12.1 Å². The third-order valence-electron chi connectivity index (χ3n) is 2.92. The normalized spacial score (nSPS) is 9.95. The third kappa shape index (κ3) is 3.26. The van der Waals surface area contributed by atoms with E-state index in [9.17, 15) is 0 Å². The fraction of sp³-hybridized carbons (Fsp3) is 0.188. The molecule has 0 radical (unpaired) electrons. The number of benzene rings is 2. The van der Waals surface area contributed by atoms with Crippen molar-refractivity contribution >= 4 is 17.1 Å². The zero-order valence-corrected chi connectivity index (χ0v) is 11.2. The Balaban J connectivity index is 2.28. The molecule has 0 aliphatic carbocycles. The summed E-state index contributed by atoms with van der Waals surface area (Å²) in [5.74, 6) is 0.